The minimum Gasteiger partial charge on any atom is -0.496 e. The fraction of sp³-hybridized carbons (Fsp3) is 0.240. The van der Waals surface area contributed by atoms with E-state index in [2.05, 4.69) is 72.8 Å². The summed E-state index contributed by atoms with van der Waals surface area (Å²) in [5, 5.41) is 10.0. The number of alkyl halides is 8. The van der Waals surface area contributed by atoms with E-state index in [-0.39, 0.29) is 22.3 Å². The van der Waals surface area contributed by atoms with E-state index in [9.17, 15) is 35.1 Å². The van der Waals surface area contributed by atoms with E-state index < -0.39 is 23.7 Å². The van der Waals surface area contributed by atoms with Crippen molar-refractivity contribution in [3.8, 4) is 11.5 Å². The van der Waals surface area contributed by atoms with Crippen molar-refractivity contribution in [2.45, 2.75) is 65.2 Å². The molecule has 60 heavy (non-hydrogen) atoms. The number of hydrogen-bond acceptors (Lipinski definition) is 2. The van der Waals surface area contributed by atoms with Crippen molar-refractivity contribution in [3.63, 3.8) is 0 Å². The molecule has 2 nitrogen and oxygen atoms in total. The van der Waals surface area contributed by atoms with E-state index >= 15 is 0 Å². The van der Waals surface area contributed by atoms with Crippen molar-refractivity contribution in [3.05, 3.63) is 168 Å². The average molecular weight is 833 g/mol. The Morgan fingerprint density at radius 2 is 0.667 bits per heavy atom. The summed E-state index contributed by atoms with van der Waals surface area (Å²) in [4.78, 5) is 0. The largest absolute Gasteiger partial charge is 0.496 e. The van der Waals surface area contributed by atoms with Crippen molar-refractivity contribution in [1.82, 2.24) is 0 Å². The molecular weight excluding hydrogens is 785 g/mol. The Bertz CT molecular complexity index is 2420. The minimum atomic E-state index is -2.98. The van der Waals surface area contributed by atoms with Gasteiger partial charge in [0, 0.05) is 66.1 Å². The summed E-state index contributed by atoms with van der Waals surface area (Å²) in [7, 11) is 3.43. The lowest BCUT2D eigenvalue weighted by molar-refractivity contribution is 0.0131. The Morgan fingerprint density at radius 3 is 1.10 bits per heavy atom. The lowest BCUT2D eigenvalue weighted by Crippen LogP contribution is -2.10. The molecule has 10 heteroatoms. The number of rotatable bonds is 6. The molecule has 0 heterocycles. The fourth-order valence-corrected chi connectivity index (χ4v) is 6.38. The predicted octanol–water partition coefficient (Wildman–Crippen LogP) is 16.3. The topological polar surface area (TPSA) is 18.5 Å². The van der Waals surface area contributed by atoms with Crippen LogP contribution in [0.1, 0.15) is 63.8 Å². The molecule has 0 saturated carbocycles. The average Bonchev–Trinajstić information content (AvgIpc) is 3.23. The maximum atomic E-state index is 12.7. The third-order valence-electron chi connectivity index (χ3n) is 9.46. The number of ether oxygens (including phenoxy) is 2. The first-order chi connectivity index (χ1) is 28.2. The van der Waals surface area contributed by atoms with Crippen LogP contribution in [0, 0.1) is 0 Å². The van der Waals surface area contributed by atoms with Crippen LogP contribution in [-0.4, -0.2) is 14.2 Å². The van der Waals surface area contributed by atoms with Gasteiger partial charge in [-0.2, -0.15) is 0 Å². The zero-order valence-corrected chi connectivity index (χ0v) is 34.7. The maximum absolute atomic E-state index is 12.7. The fourth-order valence-electron chi connectivity index (χ4n) is 6.38. The highest BCUT2D eigenvalue weighted by Crippen LogP contribution is 2.39. The molecule has 0 radical (unpaired) electrons. The number of fused-ring (bicyclic) bond motifs is 1. The first-order valence-electron chi connectivity index (χ1n) is 19.2. The molecule has 316 valence electrons. The summed E-state index contributed by atoms with van der Waals surface area (Å²) in [5.74, 6) is -10.0. The highest BCUT2D eigenvalue weighted by molar-refractivity contribution is 6.24. The Morgan fingerprint density at radius 1 is 0.333 bits per heavy atom. The van der Waals surface area contributed by atoms with E-state index in [0.29, 0.717) is 0 Å². The van der Waals surface area contributed by atoms with Crippen LogP contribution in [0.25, 0.3) is 43.1 Å². The molecule has 8 aromatic rings. The molecule has 0 atom stereocenters. The molecule has 0 fully saturated rings. The molecule has 8 rings (SSSR count). The SMILES string of the molecule is CC.CC(F)(F)c1ccc(C(C)(F)F)cc1.CC(F)(F)c1ccc(C(C)(F)F)cc1.COc1cc2cccc3ccc4cccc1c4c32.COc1cccc2ccccc12. The normalized spacial score (nSPS) is 11.7. The molecule has 0 unspecified atom stereocenters. The van der Waals surface area contributed by atoms with Gasteiger partial charge >= 0.3 is 0 Å². The van der Waals surface area contributed by atoms with Crippen LogP contribution in [0.4, 0.5) is 35.1 Å². The molecule has 0 aliphatic heterocycles. The van der Waals surface area contributed by atoms with Crippen molar-refractivity contribution >= 4 is 43.1 Å². The van der Waals surface area contributed by atoms with Crippen LogP contribution in [-0.2, 0) is 23.7 Å². The van der Waals surface area contributed by atoms with Gasteiger partial charge in [0.05, 0.1) is 14.2 Å². The van der Waals surface area contributed by atoms with Crippen LogP contribution < -0.4 is 9.47 Å². The third-order valence-corrected chi connectivity index (χ3v) is 9.46. The van der Waals surface area contributed by atoms with E-state index in [0.717, 1.165) is 87.7 Å². The van der Waals surface area contributed by atoms with E-state index in [4.69, 9.17) is 9.47 Å². The van der Waals surface area contributed by atoms with Crippen molar-refractivity contribution in [1.29, 1.82) is 0 Å². The smallest absolute Gasteiger partial charge is 0.270 e. The summed E-state index contributed by atoms with van der Waals surface area (Å²) >= 11 is 0. The second kappa shape index (κ2) is 19.4. The van der Waals surface area contributed by atoms with Crippen LogP contribution in [0.5, 0.6) is 11.5 Å². The summed E-state index contributed by atoms with van der Waals surface area (Å²) in [6.45, 7) is 6.91. The molecule has 0 aliphatic carbocycles. The van der Waals surface area contributed by atoms with Gasteiger partial charge in [0.2, 0.25) is 0 Å². The molecule has 0 saturated heterocycles. The Kier molecular flexibility index (Phi) is 15.2. The van der Waals surface area contributed by atoms with Gasteiger partial charge in [-0.1, -0.05) is 147 Å². The Balaban J connectivity index is 0.000000176. The summed E-state index contributed by atoms with van der Waals surface area (Å²) in [6, 6.07) is 41.7. The summed E-state index contributed by atoms with van der Waals surface area (Å²) in [6.07, 6.45) is 0. The van der Waals surface area contributed by atoms with Gasteiger partial charge in [-0.05, 0) is 39.1 Å². The molecular formula is C50H48F8O2. The lowest BCUT2D eigenvalue weighted by Gasteiger charge is -2.13. The van der Waals surface area contributed by atoms with Crippen molar-refractivity contribution in [2.75, 3.05) is 14.2 Å². The first kappa shape index (κ1) is 46.8. The molecule has 0 aliphatic rings. The van der Waals surface area contributed by atoms with Gasteiger partial charge in [0.1, 0.15) is 11.5 Å². The number of methoxy groups -OCH3 is 2. The highest BCUT2D eigenvalue weighted by atomic mass is 19.3. The quantitative estimate of drug-likeness (QED) is 0.123. The van der Waals surface area contributed by atoms with Gasteiger partial charge in [-0.25, -0.2) is 35.1 Å². The van der Waals surface area contributed by atoms with Crippen molar-refractivity contribution < 1.29 is 44.6 Å². The molecule has 0 N–H and O–H groups in total. The molecule has 8 aromatic carbocycles. The zero-order valence-electron chi connectivity index (χ0n) is 34.7. The Labute approximate surface area is 345 Å². The molecule has 0 bridgehead atoms. The molecule has 0 amide bonds. The van der Waals surface area contributed by atoms with Gasteiger partial charge in [-0.15, -0.1) is 0 Å². The monoisotopic (exact) mass is 832 g/mol. The standard InChI is InChI=1S/C17H12O.C11H10O.2C10H10F4.C2H6/c1-18-15-10-13-6-2-4-11-8-9-12-5-3-7-14(15)17(12)16(11)13;1-12-11-8-4-6-9-5-2-3-7-10(9)11;2*1-9(11,12)7-3-5-8(6-4-7)10(2,13)14;1-2/h2-10H,1H3;2-8H,1H3;2*3-6H,1-2H3;1-2H3. The van der Waals surface area contributed by atoms with Gasteiger partial charge in [0.25, 0.3) is 23.7 Å². The number of halogens is 8. The maximum Gasteiger partial charge on any atom is 0.270 e. The van der Waals surface area contributed by atoms with E-state index in [1.54, 1.807) is 14.2 Å². The first-order valence-corrected chi connectivity index (χ1v) is 19.2. The third kappa shape index (κ3) is 11.6. The zero-order chi connectivity index (χ0) is 44.5. The number of benzene rings is 8. The summed E-state index contributed by atoms with van der Waals surface area (Å²) < 4.78 is 112. The van der Waals surface area contributed by atoms with Crippen LogP contribution in [0.15, 0.2) is 146 Å². The molecule has 0 aromatic heterocycles. The van der Waals surface area contributed by atoms with E-state index in [1.807, 2.05) is 38.1 Å². The van der Waals surface area contributed by atoms with Crippen LogP contribution >= 0.6 is 0 Å². The predicted molar refractivity (Wildman–Crippen MR) is 230 cm³/mol. The minimum absolute atomic E-state index is 0.259. The van der Waals surface area contributed by atoms with Gasteiger partial charge < -0.3 is 9.47 Å². The molecule has 0 spiro atoms. The van der Waals surface area contributed by atoms with Gasteiger partial charge in [0.15, 0.2) is 0 Å². The Hall–Kier alpha value is -5.90. The highest BCUT2D eigenvalue weighted by Gasteiger charge is 2.29. The van der Waals surface area contributed by atoms with Crippen LogP contribution in [0.2, 0.25) is 0 Å². The van der Waals surface area contributed by atoms with Crippen molar-refractivity contribution in [2.24, 2.45) is 0 Å². The second-order valence-electron chi connectivity index (χ2n) is 14.0. The second-order valence-corrected chi connectivity index (χ2v) is 14.0. The van der Waals surface area contributed by atoms with Gasteiger partial charge in [-0.3, -0.25) is 0 Å². The number of hydrogen-bond donors (Lipinski definition) is 0. The lowest BCUT2D eigenvalue weighted by atomic mass is 9.94. The van der Waals surface area contributed by atoms with Crippen LogP contribution in [0.3, 0.4) is 0 Å². The van der Waals surface area contributed by atoms with E-state index in [1.165, 1.54) is 43.1 Å². The summed E-state index contributed by atoms with van der Waals surface area (Å²) in [5.41, 5.74) is -1.04.